The predicted molar refractivity (Wildman–Crippen MR) is 108 cm³/mol. The van der Waals surface area contributed by atoms with Gasteiger partial charge in [-0.25, -0.2) is 4.79 Å². The number of para-hydroxylation sites is 1. The van der Waals surface area contributed by atoms with E-state index in [2.05, 4.69) is 55.8 Å². The van der Waals surface area contributed by atoms with Crippen molar-refractivity contribution in [2.24, 2.45) is 0 Å². The number of amides is 2. The number of piperidine rings is 2. The maximum Gasteiger partial charge on any atom is 0.317 e. The molecule has 26 heavy (non-hydrogen) atoms. The number of nitrogens with zero attached hydrogens (tertiary/aromatic N) is 1. The van der Waals surface area contributed by atoms with Gasteiger partial charge in [-0.3, -0.25) is 0 Å². The molecule has 1 aromatic rings. The Kier molecular flexibility index (Phi) is 5.47. The number of likely N-dealkylation sites (tertiary alicyclic amines) is 1. The molecular formula is C21H34N4O. The van der Waals surface area contributed by atoms with Gasteiger partial charge in [0.15, 0.2) is 0 Å². The van der Waals surface area contributed by atoms with Crippen LogP contribution in [0.2, 0.25) is 0 Å². The Labute approximate surface area is 157 Å². The third-order valence-corrected chi connectivity index (χ3v) is 5.37. The summed E-state index contributed by atoms with van der Waals surface area (Å²) in [5, 5.41) is 10.5. The Morgan fingerprint density at radius 2 is 1.73 bits per heavy atom. The van der Waals surface area contributed by atoms with Crippen LogP contribution in [0.3, 0.4) is 0 Å². The zero-order valence-electron chi connectivity index (χ0n) is 16.6. The van der Waals surface area contributed by atoms with Gasteiger partial charge in [0.2, 0.25) is 0 Å². The van der Waals surface area contributed by atoms with Gasteiger partial charge in [0.1, 0.15) is 0 Å². The normalized spacial score (nSPS) is 25.5. The zero-order valence-corrected chi connectivity index (χ0v) is 16.6. The molecule has 1 aromatic carbocycles. The highest BCUT2D eigenvalue weighted by Gasteiger charge is 2.38. The fraction of sp³-hybridized carbons (Fsp3) is 0.667. The smallest absolute Gasteiger partial charge is 0.317 e. The van der Waals surface area contributed by atoms with Gasteiger partial charge in [-0.15, -0.1) is 0 Å². The molecule has 5 heteroatoms. The van der Waals surface area contributed by atoms with Gasteiger partial charge in [-0.1, -0.05) is 18.2 Å². The molecule has 1 unspecified atom stereocenters. The second kappa shape index (κ2) is 7.47. The molecule has 0 aromatic heterocycles. The number of hydrogen-bond donors (Lipinski definition) is 3. The van der Waals surface area contributed by atoms with E-state index >= 15 is 0 Å². The molecule has 2 saturated heterocycles. The number of anilines is 1. The molecule has 144 valence electrons. The van der Waals surface area contributed by atoms with Crippen molar-refractivity contribution in [2.45, 2.75) is 76.5 Å². The molecule has 0 aliphatic carbocycles. The molecule has 2 fully saturated rings. The third-order valence-electron chi connectivity index (χ3n) is 5.37. The van der Waals surface area contributed by atoms with Gasteiger partial charge in [0.25, 0.3) is 0 Å². The lowest BCUT2D eigenvalue weighted by atomic mass is 9.79. The van der Waals surface area contributed by atoms with E-state index in [-0.39, 0.29) is 23.2 Å². The largest absolute Gasteiger partial charge is 0.381 e. The molecule has 0 bridgehead atoms. The number of nitrogens with one attached hydrogen (secondary N) is 3. The van der Waals surface area contributed by atoms with Crippen molar-refractivity contribution in [3.8, 4) is 0 Å². The van der Waals surface area contributed by atoms with Crippen molar-refractivity contribution >= 4 is 11.7 Å². The fourth-order valence-electron chi connectivity index (χ4n) is 4.74. The second-order valence-electron chi connectivity index (χ2n) is 9.24. The van der Waals surface area contributed by atoms with Crippen molar-refractivity contribution in [1.29, 1.82) is 0 Å². The van der Waals surface area contributed by atoms with E-state index in [1.54, 1.807) is 0 Å². The van der Waals surface area contributed by atoms with Crippen LogP contribution in [-0.2, 0) is 0 Å². The minimum Gasteiger partial charge on any atom is -0.381 e. The minimum atomic E-state index is 0.0407. The average molecular weight is 359 g/mol. The van der Waals surface area contributed by atoms with Crippen LogP contribution in [0.1, 0.15) is 53.4 Å². The van der Waals surface area contributed by atoms with Crippen LogP contribution in [-0.4, -0.2) is 47.2 Å². The van der Waals surface area contributed by atoms with Crippen molar-refractivity contribution in [3.63, 3.8) is 0 Å². The first-order chi connectivity index (χ1) is 12.2. The van der Waals surface area contributed by atoms with Crippen LogP contribution < -0.4 is 16.0 Å². The quantitative estimate of drug-likeness (QED) is 0.774. The van der Waals surface area contributed by atoms with Gasteiger partial charge in [0.05, 0.1) is 0 Å². The number of benzene rings is 1. The maximum absolute atomic E-state index is 12.9. The van der Waals surface area contributed by atoms with Gasteiger partial charge >= 0.3 is 6.03 Å². The lowest BCUT2D eigenvalue weighted by molar-refractivity contribution is 0.135. The van der Waals surface area contributed by atoms with Crippen molar-refractivity contribution in [3.05, 3.63) is 30.3 Å². The molecule has 0 radical (unpaired) electrons. The predicted octanol–water partition coefficient (Wildman–Crippen LogP) is 3.58. The summed E-state index contributed by atoms with van der Waals surface area (Å²) in [4.78, 5) is 14.8. The Morgan fingerprint density at radius 1 is 1.08 bits per heavy atom. The Balaban J connectivity index is 1.55. The van der Waals surface area contributed by atoms with Gasteiger partial charge < -0.3 is 20.9 Å². The lowest BCUT2D eigenvalue weighted by Crippen LogP contribution is -2.63. The first-order valence-corrected chi connectivity index (χ1v) is 9.89. The number of rotatable bonds is 3. The molecule has 2 amide bonds. The van der Waals surface area contributed by atoms with E-state index in [0.29, 0.717) is 6.04 Å². The standard InChI is InChI=1S/C21H34N4O/c1-20(2)13-18(14-21(3,4)24-20)23-19(26)25-12-8-11-17(15-25)22-16-9-6-5-7-10-16/h5-7,9-10,17-18,22,24H,8,11-15H2,1-4H3,(H,23,26). The number of hydrogen-bond acceptors (Lipinski definition) is 3. The molecule has 3 rings (SSSR count). The summed E-state index contributed by atoms with van der Waals surface area (Å²) in [6.07, 6.45) is 4.07. The van der Waals surface area contributed by atoms with Crippen molar-refractivity contribution in [2.75, 3.05) is 18.4 Å². The van der Waals surface area contributed by atoms with E-state index in [1.165, 1.54) is 0 Å². The van der Waals surface area contributed by atoms with Gasteiger partial charge in [-0.2, -0.15) is 0 Å². The summed E-state index contributed by atoms with van der Waals surface area (Å²) in [7, 11) is 0. The van der Waals surface area contributed by atoms with Crippen LogP contribution in [0.25, 0.3) is 0 Å². The summed E-state index contributed by atoms with van der Waals surface area (Å²) in [6, 6.07) is 10.9. The number of carbonyl (C=O) groups excluding carboxylic acids is 1. The third kappa shape index (κ3) is 5.13. The van der Waals surface area contributed by atoms with E-state index in [1.807, 2.05) is 23.1 Å². The molecule has 5 nitrogen and oxygen atoms in total. The summed E-state index contributed by atoms with van der Waals surface area (Å²) in [5.74, 6) is 0. The highest BCUT2D eigenvalue weighted by atomic mass is 16.2. The van der Waals surface area contributed by atoms with E-state index < -0.39 is 0 Å². The number of urea groups is 1. The Bertz CT molecular complexity index is 598. The molecular weight excluding hydrogens is 324 g/mol. The average Bonchev–Trinajstić information content (AvgIpc) is 2.53. The summed E-state index contributed by atoms with van der Waals surface area (Å²) < 4.78 is 0. The van der Waals surface area contributed by atoms with Crippen molar-refractivity contribution in [1.82, 2.24) is 15.5 Å². The fourth-order valence-corrected chi connectivity index (χ4v) is 4.74. The Morgan fingerprint density at radius 3 is 2.38 bits per heavy atom. The topological polar surface area (TPSA) is 56.4 Å². The van der Waals surface area contributed by atoms with Gasteiger partial charge in [-0.05, 0) is 65.5 Å². The first-order valence-electron chi connectivity index (χ1n) is 9.89. The molecule has 2 heterocycles. The van der Waals surface area contributed by atoms with E-state index in [0.717, 1.165) is 44.5 Å². The van der Waals surface area contributed by atoms with E-state index in [4.69, 9.17) is 0 Å². The monoisotopic (exact) mass is 358 g/mol. The van der Waals surface area contributed by atoms with Crippen LogP contribution in [0, 0.1) is 0 Å². The first kappa shape index (κ1) is 19.0. The van der Waals surface area contributed by atoms with Crippen molar-refractivity contribution < 1.29 is 4.79 Å². The second-order valence-corrected chi connectivity index (χ2v) is 9.24. The molecule has 0 spiro atoms. The van der Waals surface area contributed by atoms with Crippen LogP contribution in [0.15, 0.2) is 30.3 Å². The molecule has 1 atom stereocenters. The van der Waals surface area contributed by atoms with E-state index in [9.17, 15) is 4.79 Å². The SMILES string of the molecule is CC1(C)CC(NC(=O)N2CCCC(Nc3ccccc3)C2)CC(C)(C)N1. The molecule has 2 aliphatic rings. The molecule has 3 N–H and O–H groups in total. The summed E-state index contributed by atoms with van der Waals surface area (Å²) in [6.45, 7) is 10.5. The minimum absolute atomic E-state index is 0.0407. The zero-order chi connectivity index (χ0) is 18.8. The maximum atomic E-state index is 12.9. The highest BCUT2D eigenvalue weighted by Crippen LogP contribution is 2.28. The molecule has 0 saturated carbocycles. The Hall–Kier alpha value is -1.75. The summed E-state index contributed by atoms with van der Waals surface area (Å²) in [5.41, 5.74) is 1.21. The van der Waals surface area contributed by atoms with Gasteiger partial charge in [0, 0.05) is 41.9 Å². The highest BCUT2D eigenvalue weighted by molar-refractivity contribution is 5.74. The van der Waals surface area contributed by atoms with Crippen LogP contribution in [0.4, 0.5) is 10.5 Å². The molecule has 2 aliphatic heterocycles. The lowest BCUT2D eigenvalue weighted by Gasteiger charge is -2.47. The van der Waals surface area contributed by atoms with Crippen LogP contribution >= 0.6 is 0 Å². The van der Waals surface area contributed by atoms with Crippen LogP contribution in [0.5, 0.6) is 0 Å². The summed E-state index contributed by atoms with van der Waals surface area (Å²) >= 11 is 0. The number of carbonyl (C=O) groups is 1.